The molecule has 1 amide bonds. The molecule has 2 heterocycles. The van der Waals surface area contributed by atoms with Gasteiger partial charge >= 0.3 is 6.01 Å². The minimum absolute atomic E-state index is 0.00340. The zero-order valence-corrected chi connectivity index (χ0v) is 16.6. The molecule has 0 saturated carbocycles. The highest BCUT2D eigenvalue weighted by Crippen LogP contribution is 2.38. The van der Waals surface area contributed by atoms with Crippen molar-refractivity contribution in [2.24, 2.45) is 5.73 Å². The van der Waals surface area contributed by atoms with Crippen LogP contribution in [0.2, 0.25) is 0 Å². The third-order valence-corrected chi connectivity index (χ3v) is 4.96. The Hall–Kier alpha value is -3.75. The molecular formula is C21H21FN6O2. The molecular weight excluding hydrogens is 387 g/mol. The SMILES string of the molecule is COc1nc(NCc2cccc(F)c2)nc(N2c3cccc(C(N)=O)c3CC2C)n1. The number of nitrogens with zero attached hydrogens (tertiary/aromatic N) is 4. The lowest BCUT2D eigenvalue weighted by molar-refractivity contribution is 0.0999. The summed E-state index contributed by atoms with van der Waals surface area (Å²) in [6.07, 6.45) is 0.633. The van der Waals surface area contributed by atoms with Crippen LogP contribution in [-0.2, 0) is 13.0 Å². The molecule has 154 valence electrons. The Morgan fingerprint density at radius 1 is 1.27 bits per heavy atom. The van der Waals surface area contributed by atoms with Gasteiger partial charge in [0.05, 0.1) is 7.11 Å². The highest BCUT2D eigenvalue weighted by molar-refractivity contribution is 5.97. The van der Waals surface area contributed by atoms with Gasteiger partial charge < -0.3 is 20.7 Å². The summed E-state index contributed by atoms with van der Waals surface area (Å²) in [7, 11) is 1.47. The predicted molar refractivity (Wildman–Crippen MR) is 110 cm³/mol. The Kier molecular flexibility index (Phi) is 5.18. The van der Waals surface area contributed by atoms with Crippen LogP contribution in [0.25, 0.3) is 0 Å². The van der Waals surface area contributed by atoms with Crippen molar-refractivity contribution >= 4 is 23.5 Å². The summed E-state index contributed by atoms with van der Waals surface area (Å²) in [6, 6.07) is 11.8. The maximum atomic E-state index is 13.4. The maximum absolute atomic E-state index is 13.4. The number of carbonyl (C=O) groups excluding carboxylic acids is 1. The van der Waals surface area contributed by atoms with Crippen molar-refractivity contribution in [1.82, 2.24) is 15.0 Å². The molecule has 0 fully saturated rings. The van der Waals surface area contributed by atoms with E-state index >= 15 is 0 Å². The van der Waals surface area contributed by atoms with Gasteiger partial charge in [-0.1, -0.05) is 18.2 Å². The van der Waals surface area contributed by atoms with Crippen molar-refractivity contribution in [3.8, 4) is 6.01 Å². The molecule has 1 aliphatic heterocycles. The van der Waals surface area contributed by atoms with E-state index in [2.05, 4.69) is 20.3 Å². The molecule has 0 bridgehead atoms. The van der Waals surface area contributed by atoms with Gasteiger partial charge in [-0.2, -0.15) is 15.0 Å². The number of halogens is 1. The summed E-state index contributed by atoms with van der Waals surface area (Å²) in [5.74, 6) is -0.0909. The largest absolute Gasteiger partial charge is 0.467 e. The van der Waals surface area contributed by atoms with E-state index in [1.807, 2.05) is 17.9 Å². The van der Waals surface area contributed by atoms with Crippen LogP contribution >= 0.6 is 0 Å². The lowest BCUT2D eigenvalue weighted by atomic mass is 10.0. The highest BCUT2D eigenvalue weighted by Gasteiger charge is 2.32. The number of primary amides is 1. The fraction of sp³-hybridized carbons (Fsp3) is 0.238. The molecule has 1 aliphatic rings. The van der Waals surface area contributed by atoms with Crippen LogP contribution < -0.4 is 20.7 Å². The first-order valence-electron chi connectivity index (χ1n) is 9.45. The average molecular weight is 408 g/mol. The number of carbonyl (C=O) groups is 1. The topological polar surface area (TPSA) is 106 Å². The minimum atomic E-state index is -0.466. The molecule has 3 aromatic rings. The summed E-state index contributed by atoms with van der Waals surface area (Å²) in [4.78, 5) is 26.9. The first-order chi connectivity index (χ1) is 14.5. The zero-order valence-electron chi connectivity index (χ0n) is 16.6. The van der Waals surface area contributed by atoms with E-state index in [0.29, 0.717) is 30.4 Å². The second kappa shape index (κ2) is 7.94. The minimum Gasteiger partial charge on any atom is -0.467 e. The summed E-state index contributed by atoms with van der Waals surface area (Å²) in [6.45, 7) is 2.35. The normalized spacial score (nSPS) is 15.0. The predicted octanol–water partition coefficient (Wildman–Crippen LogP) is 2.81. The van der Waals surface area contributed by atoms with E-state index in [1.165, 1.54) is 19.2 Å². The number of rotatable bonds is 6. The van der Waals surface area contributed by atoms with Crippen LogP contribution in [-0.4, -0.2) is 34.0 Å². The molecule has 4 rings (SSSR count). The van der Waals surface area contributed by atoms with Crippen LogP contribution in [0.15, 0.2) is 42.5 Å². The Bertz CT molecular complexity index is 1110. The van der Waals surface area contributed by atoms with E-state index in [0.717, 1.165) is 16.8 Å². The molecule has 9 heteroatoms. The van der Waals surface area contributed by atoms with Gasteiger partial charge in [-0.15, -0.1) is 0 Å². The van der Waals surface area contributed by atoms with Crippen molar-refractivity contribution in [3.05, 3.63) is 65.0 Å². The van der Waals surface area contributed by atoms with Crippen molar-refractivity contribution in [2.45, 2.75) is 25.9 Å². The summed E-state index contributed by atoms with van der Waals surface area (Å²) in [5.41, 5.74) is 8.47. The number of hydrogen-bond donors (Lipinski definition) is 2. The van der Waals surface area contributed by atoms with Crippen LogP contribution in [0.5, 0.6) is 6.01 Å². The quantitative estimate of drug-likeness (QED) is 0.646. The zero-order chi connectivity index (χ0) is 21.3. The first kappa shape index (κ1) is 19.6. The number of amides is 1. The lowest BCUT2D eigenvalue weighted by Crippen LogP contribution is -2.26. The highest BCUT2D eigenvalue weighted by atomic mass is 19.1. The Labute approximate surface area is 172 Å². The monoisotopic (exact) mass is 408 g/mol. The third-order valence-electron chi connectivity index (χ3n) is 4.96. The molecule has 30 heavy (non-hydrogen) atoms. The third kappa shape index (κ3) is 3.73. The number of hydrogen-bond acceptors (Lipinski definition) is 7. The van der Waals surface area contributed by atoms with Crippen LogP contribution in [0, 0.1) is 5.82 Å². The van der Waals surface area contributed by atoms with Gasteiger partial charge in [0, 0.05) is 23.8 Å². The van der Waals surface area contributed by atoms with Gasteiger partial charge in [-0.25, -0.2) is 4.39 Å². The van der Waals surface area contributed by atoms with Crippen LogP contribution in [0.1, 0.15) is 28.4 Å². The number of aromatic nitrogens is 3. The molecule has 0 radical (unpaired) electrons. The van der Waals surface area contributed by atoms with Crippen molar-refractivity contribution < 1.29 is 13.9 Å². The lowest BCUT2D eigenvalue weighted by Gasteiger charge is -2.23. The standard InChI is InChI=1S/C21H21FN6O2/c1-12-9-16-15(18(23)29)7-4-8-17(16)28(12)20-25-19(26-21(27-20)30-2)24-11-13-5-3-6-14(22)10-13/h3-8,10,12H,9,11H2,1-2H3,(H2,23,29)(H,24,25,26,27). The maximum Gasteiger partial charge on any atom is 0.322 e. The van der Waals surface area contributed by atoms with Gasteiger partial charge in [-0.05, 0) is 48.7 Å². The molecule has 1 unspecified atom stereocenters. The Balaban J connectivity index is 1.67. The van der Waals surface area contributed by atoms with E-state index in [-0.39, 0.29) is 17.9 Å². The first-order valence-corrected chi connectivity index (χ1v) is 9.45. The fourth-order valence-electron chi connectivity index (χ4n) is 3.63. The summed E-state index contributed by atoms with van der Waals surface area (Å²) >= 11 is 0. The Morgan fingerprint density at radius 2 is 2.07 bits per heavy atom. The number of benzene rings is 2. The van der Waals surface area contributed by atoms with E-state index < -0.39 is 5.91 Å². The van der Waals surface area contributed by atoms with E-state index in [1.54, 1.807) is 24.3 Å². The fourth-order valence-corrected chi connectivity index (χ4v) is 3.63. The van der Waals surface area contributed by atoms with E-state index in [9.17, 15) is 9.18 Å². The number of nitrogens with one attached hydrogen (secondary N) is 1. The number of anilines is 3. The van der Waals surface area contributed by atoms with Gasteiger partial charge in [0.1, 0.15) is 5.82 Å². The van der Waals surface area contributed by atoms with Crippen LogP contribution in [0.4, 0.5) is 22.0 Å². The molecule has 2 aromatic carbocycles. The molecule has 0 saturated heterocycles. The summed E-state index contributed by atoms with van der Waals surface area (Å²) in [5, 5.41) is 3.09. The molecule has 0 aliphatic carbocycles. The second-order valence-corrected chi connectivity index (χ2v) is 7.02. The van der Waals surface area contributed by atoms with Crippen molar-refractivity contribution in [3.63, 3.8) is 0 Å². The molecule has 1 atom stereocenters. The van der Waals surface area contributed by atoms with Crippen molar-refractivity contribution in [2.75, 3.05) is 17.3 Å². The Morgan fingerprint density at radius 3 is 2.80 bits per heavy atom. The van der Waals surface area contributed by atoms with Crippen molar-refractivity contribution in [1.29, 1.82) is 0 Å². The van der Waals surface area contributed by atoms with Crippen LogP contribution in [0.3, 0.4) is 0 Å². The number of methoxy groups -OCH3 is 1. The molecule has 0 spiro atoms. The second-order valence-electron chi connectivity index (χ2n) is 7.02. The molecule has 3 N–H and O–H groups in total. The van der Waals surface area contributed by atoms with Gasteiger partial charge in [-0.3, -0.25) is 4.79 Å². The number of nitrogens with two attached hydrogens (primary N) is 1. The van der Waals surface area contributed by atoms with Gasteiger partial charge in [0.15, 0.2) is 0 Å². The van der Waals surface area contributed by atoms with Gasteiger partial charge in [0.2, 0.25) is 17.8 Å². The number of fused-ring (bicyclic) bond motifs is 1. The van der Waals surface area contributed by atoms with Gasteiger partial charge in [0.25, 0.3) is 0 Å². The molecule has 8 nitrogen and oxygen atoms in total. The molecule has 1 aromatic heterocycles. The van der Waals surface area contributed by atoms with E-state index in [4.69, 9.17) is 10.5 Å². The average Bonchev–Trinajstić information content (AvgIpc) is 3.07. The summed E-state index contributed by atoms with van der Waals surface area (Å²) < 4.78 is 18.7. The smallest absolute Gasteiger partial charge is 0.322 e. The number of ether oxygens (including phenoxy) is 1.